The number of nitrogens with zero attached hydrogens (tertiary/aromatic N) is 4. The zero-order chi connectivity index (χ0) is 44.5. The number of aromatic nitrogens is 4. The zero-order valence-electron chi connectivity index (χ0n) is 36.1. The number of rotatable bonds is 5. The Morgan fingerprint density at radius 2 is 0.809 bits per heavy atom. The first kappa shape index (κ1) is 36.9. The summed E-state index contributed by atoms with van der Waals surface area (Å²) >= 11 is 0. The number of hydrogen-bond donors (Lipinski definition) is 0. The quantitative estimate of drug-likeness (QED) is 0.171. The van der Waals surface area contributed by atoms with Crippen LogP contribution >= 0.6 is 0 Å². The highest BCUT2D eigenvalue weighted by atomic mass is 16.3. The first-order valence-electron chi connectivity index (χ1n) is 22.7. The number of benzene rings is 10. The van der Waals surface area contributed by atoms with Crippen LogP contribution in [0.4, 0.5) is 0 Å². The zero-order valence-corrected chi connectivity index (χ0v) is 36.1. The van der Waals surface area contributed by atoms with Crippen LogP contribution < -0.4 is 0 Å². The van der Waals surface area contributed by atoms with E-state index in [0.717, 1.165) is 105 Å². The minimum absolute atomic E-state index is 0.496. The second kappa shape index (κ2) is 14.1. The van der Waals surface area contributed by atoms with Crippen molar-refractivity contribution < 1.29 is 13.3 Å². The Morgan fingerprint density at radius 1 is 0.294 bits per heavy atom. The Hall–Kier alpha value is -9.33. The Balaban J connectivity index is 1.05. The second-order valence-corrected chi connectivity index (χ2v) is 17.4. The Kier molecular flexibility index (Phi) is 7.65. The summed E-state index contributed by atoms with van der Waals surface area (Å²) < 4.78 is 22.0. The molecule has 0 aliphatic rings. The molecule has 0 spiro atoms. The van der Waals surface area contributed by atoms with Crippen LogP contribution in [0.2, 0.25) is 0 Å². The van der Waals surface area contributed by atoms with E-state index in [-0.39, 0.29) is 0 Å². The molecule has 10 aromatic carbocycles. The summed E-state index contributed by atoms with van der Waals surface area (Å²) in [4.78, 5) is 16.3. The van der Waals surface area contributed by atoms with Crippen LogP contribution in [0, 0.1) is 0 Å². The van der Waals surface area contributed by atoms with Crippen molar-refractivity contribution in [3.05, 3.63) is 206 Å². The first-order chi connectivity index (χ1) is 33.7. The highest BCUT2D eigenvalue weighted by Crippen LogP contribution is 2.45. The van der Waals surface area contributed by atoms with Crippen LogP contribution in [0.25, 0.3) is 149 Å². The fraction of sp³-hybridized carbons (Fsp3) is 0. The normalized spacial score (nSPS) is 12.1. The maximum atomic E-state index is 6.64. The molecule has 0 atom stereocenters. The van der Waals surface area contributed by atoms with Crippen molar-refractivity contribution in [3.8, 4) is 51.0 Å². The average molecular weight is 871 g/mol. The van der Waals surface area contributed by atoms with E-state index < -0.39 is 0 Å². The molecular formula is C61H34N4O3. The molecule has 0 aliphatic carbocycles. The van der Waals surface area contributed by atoms with Gasteiger partial charge in [-0.25, -0.2) is 15.0 Å². The lowest BCUT2D eigenvalue weighted by Gasteiger charge is -2.16. The molecule has 0 bridgehead atoms. The van der Waals surface area contributed by atoms with E-state index in [1.54, 1.807) is 0 Å². The molecule has 316 valence electrons. The lowest BCUT2D eigenvalue weighted by molar-refractivity contribution is 0.668. The van der Waals surface area contributed by atoms with Gasteiger partial charge >= 0.3 is 0 Å². The largest absolute Gasteiger partial charge is 0.456 e. The van der Waals surface area contributed by atoms with Gasteiger partial charge in [0.1, 0.15) is 33.5 Å². The summed E-state index contributed by atoms with van der Waals surface area (Å²) in [5.74, 6) is 1.53. The van der Waals surface area contributed by atoms with Crippen molar-refractivity contribution in [2.45, 2.75) is 0 Å². The maximum Gasteiger partial charge on any atom is 0.167 e. The molecule has 0 fully saturated rings. The van der Waals surface area contributed by atoms with Crippen molar-refractivity contribution in [1.29, 1.82) is 0 Å². The lowest BCUT2D eigenvalue weighted by atomic mass is 9.94. The first-order valence-corrected chi connectivity index (χ1v) is 22.7. The van der Waals surface area contributed by atoms with Gasteiger partial charge in [-0.05, 0) is 94.7 Å². The van der Waals surface area contributed by atoms with Crippen molar-refractivity contribution in [2.75, 3.05) is 0 Å². The minimum atomic E-state index is 0.496. The number of para-hydroxylation sites is 5. The van der Waals surface area contributed by atoms with Crippen LogP contribution in [-0.2, 0) is 0 Å². The minimum Gasteiger partial charge on any atom is -0.456 e. The van der Waals surface area contributed by atoms with E-state index in [1.807, 2.05) is 78.9 Å². The molecule has 0 amide bonds. The molecule has 7 nitrogen and oxygen atoms in total. The number of furan rings is 3. The van der Waals surface area contributed by atoms with Gasteiger partial charge < -0.3 is 17.8 Å². The Labute approximate surface area is 386 Å². The van der Waals surface area contributed by atoms with Gasteiger partial charge in [-0.15, -0.1) is 0 Å². The van der Waals surface area contributed by atoms with Crippen LogP contribution in [0.15, 0.2) is 220 Å². The third-order valence-corrected chi connectivity index (χ3v) is 13.7. The standard InChI is InChI=1S/C61H34N4O3/c1-2-15-36-33-50-48(32-35(36)14-1)38-16-3-7-24-49(38)65(50)37-30-31-42(47(34-37)40-20-12-28-54-56(40)43-18-5-9-26-52(43)66-54)59-62-60(45-22-13-29-55-57(45)44-19-6-10-27-53(44)67-55)64-61(63-59)46-23-11-21-41-39-17-4-8-25-51(39)68-58(41)46/h1-34H. The van der Waals surface area contributed by atoms with E-state index in [1.165, 1.54) is 21.5 Å². The molecule has 7 heteroatoms. The summed E-state index contributed by atoms with van der Waals surface area (Å²) in [6.45, 7) is 0. The van der Waals surface area contributed by atoms with Gasteiger partial charge in [0, 0.05) is 59.9 Å². The third kappa shape index (κ3) is 5.38. The van der Waals surface area contributed by atoms with E-state index in [0.29, 0.717) is 23.1 Å². The second-order valence-electron chi connectivity index (χ2n) is 17.4. The maximum absolute atomic E-state index is 6.64. The molecule has 15 rings (SSSR count). The Morgan fingerprint density at radius 3 is 1.54 bits per heavy atom. The molecule has 5 aromatic heterocycles. The SMILES string of the molecule is c1ccc2cc3c(cc2c1)c1ccccc1n3-c1ccc(-c2nc(-c3cccc4c3oc3ccccc34)nc(-c3cccc4oc5ccccc5c34)n2)c(-c2cccc3oc4ccccc4c23)c1. The molecule has 68 heavy (non-hydrogen) atoms. The van der Waals surface area contributed by atoms with E-state index in [2.05, 4.69) is 132 Å². The topological polar surface area (TPSA) is 83.0 Å². The molecule has 0 saturated carbocycles. The van der Waals surface area contributed by atoms with Gasteiger partial charge in [-0.2, -0.15) is 0 Å². The van der Waals surface area contributed by atoms with Crippen molar-refractivity contribution in [2.24, 2.45) is 0 Å². The smallest absolute Gasteiger partial charge is 0.167 e. The fourth-order valence-corrected chi connectivity index (χ4v) is 10.6. The summed E-state index contributed by atoms with van der Waals surface area (Å²) in [6.07, 6.45) is 0. The van der Waals surface area contributed by atoms with Crippen LogP contribution in [-0.4, -0.2) is 19.5 Å². The van der Waals surface area contributed by atoms with E-state index in [4.69, 9.17) is 28.2 Å². The highest BCUT2D eigenvalue weighted by molar-refractivity contribution is 6.16. The van der Waals surface area contributed by atoms with E-state index in [9.17, 15) is 0 Å². The molecule has 0 aliphatic heterocycles. The van der Waals surface area contributed by atoms with Gasteiger partial charge in [0.25, 0.3) is 0 Å². The van der Waals surface area contributed by atoms with E-state index >= 15 is 0 Å². The van der Waals surface area contributed by atoms with Gasteiger partial charge in [0.05, 0.1) is 16.6 Å². The van der Waals surface area contributed by atoms with Gasteiger partial charge in [-0.3, -0.25) is 0 Å². The summed E-state index contributed by atoms with van der Waals surface area (Å²) in [5.41, 5.74) is 12.3. The third-order valence-electron chi connectivity index (χ3n) is 13.7. The highest BCUT2D eigenvalue weighted by Gasteiger charge is 2.24. The summed E-state index contributed by atoms with van der Waals surface area (Å²) in [7, 11) is 0. The molecular weight excluding hydrogens is 837 g/mol. The molecule has 5 heterocycles. The summed E-state index contributed by atoms with van der Waals surface area (Å²) in [6, 6.07) is 71.6. The molecule has 0 radical (unpaired) electrons. The van der Waals surface area contributed by atoms with Crippen molar-refractivity contribution in [3.63, 3.8) is 0 Å². The predicted molar refractivity (Wildman–Crippen MR) is 275 cm³/mol. The number of fused-ring (bicyclic) bond motifs is 13. The van der Waals surface area contributed by atoms with Crippen molar-refractivity contribution >= 4 is 98.4 Å². The van der Waals surface area contributed by atoms with Crippen LogP contribution in [0.1, 0.15) is 0 Å². The van der Waals surface area contributed by atoms with Crippen LogP contribution in [0.3, 0.4) is 0 Å². The molecule has 0 unspecified atom stereocenters. The molecule has 0 N–H and O–H groups in total. The van der Waals surface area contributed by atoms with Gasteiger partial charge in [-0.1, -0.05) is 133 Å². The molecule has 0 saturated heterocycles. The van der Waals surface area contributed by atoms with Gasteiger partial charge in [0.15, 0.2) is 17.5 Å². The predicted octanol–water partition coefficient (Wildman–Crippen LogP) is 16.5. The summed E-state index contributed by atoms with van der Waals surface area (Å²) in [5, 5.41) is 10.8. The lowest BCUT2D eigenvalue weighted by Crippen LogP contribution is -2.02. The van der Waals surface area contributed by atoms with Gasteiger partial charge in [0.2, 0.25) is 0 Å². The average Bonchev–Trinajstić information content (AvgIpc) is 4.16. The van der Waals surface area contributed by atoms with Crippen LogP contribution in [0.5, 0.6) is 0 Å². The Bertz CT molecular complexity index is 4590. The molecule has 15 aromatic rings. The van der Waals surface area contributed by atoms with Crippen molar-refractivity contribution in [1.82, 2.24) is 19.5 Å². The fourth-order valence-electron chi connectivity index (χ4n) is 10.6. The monoisotopic (exact) mass is 870 g/mol. The number of hydrogen-bond acceptors (Lipinski definition) is 6.